The summed E-state index contributed by atoms with van der Waals surface area (Å²) in [6.07, 6.45) is 5.39. The summed E-state index contributed by atoms with van der Waals surface area (Å²) in [6.45, 7) is 11.2. The average Bonchev–Trinajstić information content (AvgIpc) is 3.00. The van der Waals surface area contributed by atoms with Crippen LogP contribution >= 0.6 is 0 Å². The minimum Gasteiger partial charge on any atom is -0.497 e. The van der Waals surface area contributed by atoms with Crippen LogP contribution in [0.2, 0.25) is 0 Å². The highest BCUT2D eigenvalue weighted by atomic mass is 16.5. The predicted molar refractivity (Wildman–Crippen MR) is 103 cm³/mol. The van der Waals surface area contributed by atoms with Gasteiger partial charge in [-0.1, -0.05) is 18.2 Å². The summed E-state index contributed by atoms with van der Waals surface area (Å²) < 4.78 is 7.32. The molecule has 0 unspecified atom stereocenters. The minimum absolute atomic E-state index is 0.131. The van der Waals surface area contributed by atoms with Crippen molar-refractivity contribution in [1.82, 2.24) is 19.8 Å². The molecular weight excluding hydrogens is 328 g/mol. The third-order valence-corrected chi connectivity index (χ3v) is 3.74. The second-order valence-electron chi connectivity index (χ2n) is 7.17. The Kier molecular flexibility index (Phi) is 6.44. The fraction of sp³-hybridized carbons (Fsp3) is 0.400. The van der Waals surface area contributed by atoms with E-state index in [1.807, 2.05) is 55.8 Å². The van der Waals surface area contributed by atoms with Crippen molar-refractivity contribution < 1.29 is 9.53 Å². The van der Waals surface area contributed by atoms with Crippen molar-refractivity contribution in [2.24, 2.45) is 0 Å². The van der Waals surface area contributed by atoms with Gasteiger partial charge in [-0.25, -0.2) is 9.78 Å². The van der Waals surface area contributed by atoms with E-state index in [0.717, 1.165) is 17.1 Å². The number of methoxy groups -OCH3 is 1. The third kappa shape index (κ3) is 5.65. The van der Waals surface area contributed by atoms with Gasteiger partial charge in [-0.15, -0.1) is 6.58 Å². The van der Waals surface area contributed by atoms with Gasteiger partial charge in [-0.05, 0) is 38.5 Å². The Bertz CT molecular complexity index is 746. The van der Waals surface area contributed by atoms with Gasteiger partial charge in [0, 0.05) is 31.0 Å². The molecule has 0 aliphatic carbocycles. The highest BCUT2D eigenvalue weighted by molar-refractivity contribution is 5.75. The van der Waals surface area contributed by atoms with Crippen LogP contribution in [0.25, 0.3) is 0 Å². The van der Waals surface area contributed by atoms with Crippen LogP contribution in [0.15, 0.2) is 49.3 Å². The van der Waals surface area contributed by atoms with Gasteiger partial charge in [0.05, 0.1) is 13.7 Å². The number of urea groups is 1. The van der Waals surface area contributed by atoms with E-state index in [2.05, 4.69) is 16.9 Å². The van der Waals surface area contributed by atoms with Crippen molar-refractivity contribution in [2.75, 3.05) is 13.7 Å². The zero-order valence-corrected chi connectivity index (χ0v) is 16.0. The maximum atomic E-state index is 12.5. The Labute approximate surface area is 155 Å². The Hall–Kier alpha value is -2.76. The summed E-state index contributed by atoms with van der Waals surface area (Å²) in [5.74, 6) is 1.64. The van der Waals surface area contributed by atoms with Crippen LogP contribution in [-0.4, -0.2) is 39.7 Å². The molecule has 0 bridgehead atoms. The van der Waals surface area contributed by atoms with E-state index in [0.29, 0.717) is 19.6 Å². The highest BCUT2D eigenvalue weighted by Crippen LogP contribution is 2.15. The first kappa shape index (κ1) is 19.6. The number of hydrogen-bond acceptors (Lipinski definition) is 3. The van der Waals surface area contributed by atoms with E-state index in [-0.39, 0.29) is 11.6 Å². The number of ether oxygens (including phenoxy) is 1. The zero-order valence-electron chi connectivity index (χ0n) is 16.0. The Balaban J connectivity index is 2.14. The molecule has 1 aromatic heterocycles. The number of amides is 2. The molecular formula is C20H28N4O2. The van der Waals surface area contributed by atoms with Crippen LogP contribution in [0, 0.1) is 0 Å². The molecule has 1 aromatic carbocycles. The summed E-state index contributed by atoms with van der Waals surface area (Å²) in [5.41, 5.74) is 0.810. The van der Waals surface area contributed by atoms with Crippen molar-refractivity contribution in [3.8, 4) is 5.75 Å². The van der Waals surface area contributed by atoms with E-state index < -0.39 is 0 Å². The standard InChI is InChI=1S/C20H28N4O2/c1-6-11-24(19(25)22-20(2,3)4)15-18-21-10-12-23(18)14-16-8-7-9-17(13-16)26-5/h6-10,12-13H,1,11,14-15H2,2-5H3,(H,22,25). The first-order chi connectivity index (χ1) is 12.3. The Morgan fingerprint density at radius 1 is 1.42 bits per heavy atom. The molecule has 0 saturated carbocycles. The number of rotatable bonds is 7. The molecule has 0 fully saturated rings. The van der Waals surface area contributed by atoms with Gasteiger partial charge in [-0.2, -0.15) is 0 Å². The van der Waals surface area contributed by atoms with Crippen LogP contribution in [0.5, 0.6) is 5.75 Å². The maximum Gasteiger partial charge on any atom is 0.318 e. The van der Waals surface area contributed by atoms with Crippen LogP contribution in [0.3, 0.4) is 0 Å². The molecule has 0 saturated heterocycles. The minimum atomic E-state index is -0.299. The highest BCUT2D eigenvalue weighted by Gasteiger charge is 2.20. The molecule has 2 amide bonds. The summed E-state index contributed by atoms with van der Waals surface area (Å²) in [4.78, 5) is 18.7. The van der Waals surface area contributed by atoms with Crippen LogP contribution in [0.4, 0.5) is 4.79 Å². The van der Waals surface area contributed by atoms with Gasteiger partial charge >= 0.3 is 6.03 Å². The van der Waals surface area contributed by atoms with Crippen molar-refractivity contribution in [3.63, 3.8) is 0 Å². The van der Waals surface area contributed by atoms with E-state index >= 15 is 0 Å². The number of carbonyl (C=O) groups excluding carboxylic acids is 1. The molecule has 1 heterocycles. The van der Waals surface area contributed by atoms with Gasteiger partial charge in [0.1, 0.15) is 11.6 Å². The maximum absolute atomic E-state index is 12.5. The Morgan fingerprint density at radius 2 is 2.19 bits per heavy atom. The second-order valence-corrected chi connectivity index (χ2v) is 7.17. The SMILES string of the molecule is C=CCN(Cc1nccn1Cc1cccc(OC)c1)C(=O)NC(C)(C)C. The van der Waals surface area contributed by atoms with Gasteiger partial charge < -0.3 is 19.5 Å². The lowest BCUT2D eigenvalue weighted by Gasteiger charge is -2.27. The monoisotopic (exact) mass is 356 g/mol. The molecule has 0 atom stereocenters. The summed E-state index contributed by atoms with van der Waals surface area (Å²) in [7, 11) is 1.66. The van der Waals surface area contributed by atoms with Gasteiger partial charge in [-0.3, -0.25) is 0 Å². The van der Waals surface area contributed by atoms with E-state index in [4.69, 9.17) is 4.74 Å². The molecule has 2 aromatic rings. The molecule has 2 rings (SSSR count). The molecule has 0 spiro atoms. The summed E-state index contributed by atoms with van der Waals surface area (Å²) in [6, 6.07) is 7.79. The summed E-state index contributed by atoms with van der Waals surface area (Å²) >= 11 is 0. The number of benzene rings is 1. The predicted octanol–water partition coefficient (Wildman–Crippen LogP) is 3.44. The van der Waals surface area contributed by atoms with E-state index in [1.54, 1.807) is 24.3 Å². The topological polar surface area (TPSA) is 59.4 Å². The number of nitrogens with one attached hydrogen (secondary N) is 1. The molecule has 0 aliphatic heterocycles. The average molecular weight is 356 g/mol. The van der Waals surface area contributed by atoms with Gasteiger partial charge in [0.15, 0.2) is 0 Å². The molecule has 1 N–H and O–H groups in total. The number of hydrogen-bond donors (Lipinski definition) is 1. The van der Waals surface area contributed by atoms with Crippen molar-refractivity contribution in [1.29, 1.82) is 0 Å². The Morgan fingerprint density at radius 3 is 2.85 bits per heavy atom. The van der Waals surface area contributed by atoms with Crippen LogP contribution in [0.1, 0.15) is 32.2 Å². The lowest BCUT2D eigenvalue weighted by atomic mass is 10.1. The molecule has 0 radical (unpaired) electrons. The number of aromatic nitrogens is 2. The first-order valence-electron chi connectivity index (χ1n) is 8.63. The van der Waals surface area contributed by atoms with Crippen molar-refractivity contribution in [3.05, 3.63) is 60.7 Å². The number of imidazole rings is 1. The van der Waals surface area contributed by atoms with Gasteiger partial charge in [0.25, 0.3) is 0 Å². The van der Waals surface area contributed by atoms with Crippen molar-refractivity contribution >= 4 is 6.03 Å². The molecule has 26 heavy (non-hydrogen) atoms. The summed E-state index contributed by atoms with van der Waals surface area (Å²) in [5, 5.41) is 2.99. The normalized spacial score (nSPS) is 11.1. The lowest BCUT2D eigenvalue weighted by molar-refractivity contribution is 0.190. The molecule has 6 heteroatoms. The largest absolute Gasteiger partial charge is 0.497 e. The van der Waals surface area contributed by atoms with Gasteiger partial charge in [0.2, 0.25) is 0 Å². The third-order valence-electron chi connectivity index (χ3n) is 3.74. The van der Waals surface area contributed by atoms with Crippen LogP contribution < -0.4 is 10.1 Å². The first-order valence-corrected chi connectivity index (χ1v) is 8.63. The van der Waals surface area contributed by atoms with Crippen LogP contribution in [-0.2, 0) is 13.1 Å². The van der Waals surface area contributed by atoms with Crippen molar-refractivity contribution in [2.45, 2.75) is 39.4 Å². The number of carbonyl (C=O) groups is 1. The van der Waals surface area contributed by atoms with E-state index in [1.165, 1.54) is 0 Å². The molecule has 140 valence electrons. The van der Waals surface area contributed by atoms with E-state index in [9.17, 15) is 4.79 Å². The fourth-order valence-electron chi connectivity index (χ4n) is 2.55. The second kappa shape index (κ2) is 8.56. The molecule has 6 nitrogen and oxygen atoms in total. The number of nitrogens with zero attached hydrogens (tertiary/aromatic N) is 3. The quantitative estimate of drug-likeness (QED) is 0.773. The zero-order chi connectivity index (χ0) is 19.2. The fourth-order valence-corrected chi connectivity index (χ4v) is 2.55. The molecule has 0 aliphatic rings. The lowest BCUT2D eigenvalue weighted by Crippen LogP contribution is -2.48. The smallest absolute Gasteiger partial charge is 0.318 e.